The van der Waals surface area contributed by atoms with Gasteiger partial charge < -0.3 is 14.6 Å². The van der Waals surface area contributed by atoms with Crippen molar-refractivity contribution in [1.82, 2.24) is 4.57 Å². The van der Waals surface area contributed by atoms with Crippen LogP contribution in [0.15, 0.2) is 47.4 Å². The molecule has 1 aliphatic rings. The lowest BCUT2D eigenvalue weighted by Crippen LogP contribution is -2.28. The molecule has 21 heavy (non-hydrogen) atoms. The Kier molecular flexibility index (Phi) is 3.06. The van der Waals surface area contributed by atoms with Crippen molar-refractivity contribution in [2.75, 3.05) is 4.90 Å². The maximum atomic E-state index is 12.3. The van der Waals surface area contributed by atoms with Gasteiger partial charge in [-0.15, -0.1) is 0 Å². The maximum absolute atomic E-state index is 12.3. The lowest BCUT2D eigenvalue weighted by molar-refractivity contribution is -0.137. The van der Waals surface area contributed by atoms with Crippen LogP contribution in [-0.4, -0.2) is 21.6 Å². The van der Waals surface area contributed by atoms with E-state index < -0.39 is 18.1 Å². The van der Waals surface area contributed by atoms with E-state index in [1.54, 1.807) is 12.1 Å². The van der Waals surface area contributed by atoms with Gasteiger partial charge in [-0.1, -0.05) is 18.2 Å². The summed E-state index contributed by atoms with van der Waals surface area (Å²) in [5.41, 5.74) is 1.65. The molecule has 0 fully saturated rings. The van der Waals surface area contributed by atoms with Crippen molar-refractivity contribution in [2.24, 2.45) is 0 Å². The van der Waals surface area contributed by atoms with E-state index in [9.17, 15) is 14.4 Å². The number of amides is 1. The number of nitrogens with zero attached hydrogens (tertiary/aromatic N) is 2. The molecule has 0 radical (unpaired) electrons. The third-order valence-electron chi connectivity index (χ3n) is 3.41. The monoisotopic (exact) mass is 284 g/mol. The minimum Gasteiger partial charge on any atom is -0.480 e. The number of hydrogen-bond acceptors (Lipinski definition) is 3. The molecule has 106 valence electrons. The smallest absolute Gasteiger partial charge is 0.323 e. The predicted molar refractivity (Wildman–Crippen MR) is 75.3 cm³/mol. The molecule has 0 atom stereocenters. The molecule has 1 N–H and O–H groups in total. The zero-order valence-corrected chi connectivity index (χ0v) is 11.0. The summed E-state index contributed by atoms with van der Waals surface area (Å²) >= 11 is 0. The van der Waals surface area contributed by atoms with Crippen molar-refractivity contribution in [3.8, 4) is 0 Å². The highest BCUT2D eigenvalue weighted by molar-refractivity contribution is 6.09. The van der Waals surface area contributed by atoms with Crippen molar-refractivity contribution in [1.29, 1.82) is 0 Å². The lowest BCUT2D eigenvalue weighted by Gasteiger charge is -2.16. The molecule has 1 amide bonds. The van der Waals surface area contributed by atoms with Gasteiger partial charge in [-0.05, 0) is 17.7 Å². The van der Waals surface area contributed by atoms with Gasteiger partial charge in [0.1, 0.15) is 6.54 Å². The Morgan fingerprint density at radius 3 is 2.62 bits per heavy atom. The van der Waals surface area contributed by atoms with Crippen LogP contribution in [0.4, 0.5) is 5.69 Å². The van der Waals surface area contributed by atoms with Crippen LogP contribution < -0.4 is 10.5 Å². The fourth-order valence-corrected chi connectivity index (χ4v) is 2.41. The molecule has 1 aromatic carbocycles. The summed E-state index contributed by atoms with van der Waals surface area (Å²) in [5, 5.41) is 8.80. The molecule has 6 heteroatoms. The van der Waals surface area contributed by atoms with Gasteiger partial charge in [0.25, 0.3) is 11.5 Å². The van der Waals surface area contributed by atoms with Crippen LogP contribution in [0.3, 0.4) is 0 Å². The van der Waals surface area contributed by atoms with E-state index in [2.05, 4.69) is 0 Å². The highest BCUT2D eigenvalue weighted by Gasteiger charge is 2.28. The highest BCUT2D eigenvalue weighted by atomic mass is 16.4. The standard InChI is InChI=1S/C15H12N2O4/c18-13-6-5-11(8-16(13)9-14(19)20)17-7-10-3-1-2-4-12(10)15(17)21/h1-6,8H,7,9H2,(H,19,20). The molecular weight excluding hydrogens is 272 g/mol. The van der Waals surface area contributed by atoms with Gasteiger partial charge in [0.2, 0.25) is 0 Å². The summed E-state index contributed by atoms with van der Waals surface area (Å²) in [5.74, 6) is -1.25. The fraction of sp³-hybridized carbons (Fsp3) is 0.133. The van der Waals surface area contributed by atoms with Crippen LogP contribution in [0.5, 0.6) is 0 Å². The number of pyridine rings is 1. The molecule has 2 heterocycles. The Bertz CT molecular complexity index is 794. The Morgan fingerprint density at radius 1 is 1.14 bits per heavy atom. The van der Waals surface area contributed by atoms with Crippen molar-refractivity contribution in [3.63, 3.8) is 0 Å². The molecule has 0 saturated heterocycles. The first-order valence-electron chi connectivity index (χ1n) is 6.38. The number of carbonyl (C=O) groups excluding carboxylic acids is 1. The number of carbonyl (C=O) groups is 2. The molecule has 0 unspecified atom stereocenters. The molecular formula is C15H12N2O4. The molecule has 0 aliphatic carbocycles. The molecule has 6 nitrogen and oxygen atoms in total. The van der Waals surface area contributed by atoms with Gasteiger partial charge in [0, 0.05) is 17.8 Å². The van der Waals surface area contributed by atoms with Crippen LogP contribution in [0, 0.1) is 0 Å². The molecule has 0 bridgehead atoms. The normalized spacial score (nSPS) is 13.3. The average Bonchev–Trinajstić information content (AvgIpc) is 2.79. The van der Waals surface area contributed by atoms with E-state index in [4.69, 9.17) is 5.11 Å². The topological polar surface area (TPSA) is 79.6 Å². The second kappa shape index (κ2) is 4.90. The quantitative estimate of drug-likeness (QED) is 0.915. The maximum Gasteiger partial charge on any atom is 0.323 e. The second-order valence-corrected chi connectivity index (χ2v) is 4.80. The van der Waals surface area contributed by atoms with Gasteiger partial charge >= 0.3 is 5.97 Å². The number of anilines is 1. The van der Waals surface area contributed by atoms with Crippen LogP contribution in [0.1, 0.15) is 15.9 Å². The predicted octanol–water partition coefficient (Wildman–Crippen LogP) is 1.09. The summed E-state index contributed by atoms with van der Waals surface area (Å²) < 4.78 is 1.08. The number of carboxylic acid groups (broad SMARTS) is 1. The molecule has 0 saturated carbocycles. The fourth-order valence-electron chi connectivity index (χ4n) is 2.41. The SMILES string of the molecule is O=C(O)Cn1cc(N2Cc3ccccc3C2=O)ccc1=O. The van der Waals surface area contributed by atoms with Crippen LogP contribution in [0.25, 0.3) is 0 Å². The summed E-state index contributed by atoms with van der Waals surface area (Å²) in [4.78, 5) is 36.2. The van der Waals surface area contributed by atoms with Gasteiger partial charge in [0.15, 0.2) is 0 Å². The van der Waals surface area contributed by atoms with Crippen molar-refractivity contribution in [3.05, 3.63) is 64.1 Å². The molecule has 1 aromatic heterocycles. The van der Waals surface area contributed by atoms with Crippen LogP contribution in [0.2, 0.25) is 0 Å². The van der Waals surface area contributed by atoms with Crippen molar-refractivity contribution in [2.45, 2.75) is 13.1 Å². The summed E-state index contributed by atoms with van der Waals surface area (Å²) in [7, 11) is 0. The van der Waals surface area contributed by atoms with Crippen LogP contribution >= 0.6 is 0 Å². The number of rotatable bonds is 3. The van der Waals surface area contributed by atoms with E-state index in [-0.39, 0.29) is 5.91 Å². The summed E-state index contributed by atoms with van der Waals surface area (Å²) in [6.45, 7) is -0.0120. The Balaban J connectivity index is 1.98. The van der Waals surface area contributed by atoms with Crippen LogP contribution in [-0.2, 0) is 17.9 Å². The molecule has 0 spiro atoms. The van der Waals surface area contributed by atoms with Gasteiger partial charge in [-0.2, -0.15) is 0 Å². The average molecular weight is 284 g/mol. The van der Waals surface area contributed by atoms with Crippen molar-refractivity contribution >= 4 is 17.6 Å². The van der Waals surface area contributed by atoms with Gasteiger partial charge in [-0.25, -0.2) is 0 Å². The van der Waals surface area contributed by atoms with E-state index in [0.29, 0.717) is 17.8 Å². The Morgan fingerprint density at radius 2 is 1.90 bits per heavy atom. The highest BCUT2D eigenvalue weighted by Crippen LogP contribution is 2.27. The second-order valence-electron chi connectivity index (χ2n) is 4.80. The number of aliphatic carboxylic acids is 1. The van der Waals surface area contributed by atoms with Crippen molar-refractivity contribution < 1.29 is 14.7 Å². The van der Waals surface area contributed by atoms with Gasteiger partial charge in [-0.3, -0.25) is 14.4 Å². The molecule has 3 rings (SSSR count). The van der Waals surface area contributed by atoms with E-state index in [0.717, 1.165) is 10.1 Å². The first kappa shape index (κ1) is 13.1. The van der Waals surface area contributed by atoms with E-state index >= 15 is 0 Å². The number of hydrogen-bond donors (Lipinski definition) is 1. The number of benzene rings is 1. The first-order valence-corrected chi connectivity index (χ1v) is 6.38. The number of carboxylic acids is 1. The summed E-state index contributed by atoms with van der Waals surface area (Å²) in [6, 6.07) is 10.1. The minimum absolute atomic E-state index is 0.147. The third-order valence-corrected chi connectivity index (χ3v) is 3.41. The lowest BCUT2D eigenvalue weighted by atomic mass is 10.1. The Hall–Kier alpha value is -2.89. The zero-order chi connectivity index (χ0) is 15.0. The minimum atomic E-state index is -1.11. The third kappa shape index (κ3) is 2.31. The van der Waals surface area contributed by atoms with E-state index in [1.165, 1.54) is 23.2 Å². The summed E-state index contributed by atoms with van der Waals surface area (Å²) in [6.07, 6.45) is 1.40. The molecule has 2 aromatic rings. The Labute approximate surface area is 119 Å². The van der Waals surface area contributed by atoms with Gasteiger partial charge in [0.05, 0.1) is 12.2 Å². The molecule has 1 aliphatic heterocycles. The number of fused-ring (bicyclic) bond motifs is 1. The van der Waals surface area contributed by atoms with E-state index in [1.807, 2.05) is 12.1 Å². The zero-order valence-electron chi connectivity index (χ0n) is 11.0. The largest absolute Gasteiger partial charge is 0.480 e. The number of aromatic nitrogens is 1. The first-order chi connectivity index (χ1) is 10.1.